The van der Waals surface area contributed by atoms with Gasteiger partial charge in [-0.05, 0) is 54.7 Å². The number of hydrogen-bond acceptors (Lipinski definition) is 0. The number of rotatable bonds is 2. The molecule has 0 radical (unpaired) electrons. The smallest absolute Gasteiger partial charge is 0.0516 e. The Hall–Kier alpha value is -2.84. The van der Waals surface area contributed by atoms with Crippen molar-refractivity contribution in [3.63, 3.8) is 0 Å². The van der Waals surface area contributed by atoms with Crippen LogP contribution in [0.15, 0.2) is 122 Å². The van der Waals surface area contributed by atoms with Gasteiger partial charge in [-0.2, -0.15) is 0 Å². The Morgan fingerprint density at radius 3 is 2.29 bits per heavy atom. The Balaban J connectivity index is 0.000000135. The van der Waals surface area contributed by atoms with Gasteiger partial charge in [-0.3, -0.25) is 0 Å². The van der Waals surface area contributed by atoms with Gasteiger partial charge in [0.05, 0.1) is 5.52 Å². The molecule has 0 atom stereocenters. The summed E-state index contributed by atoms with van der Waals surface area (Å²) in [5.41, 5.74) is 7.01. The monoisotopic (exact) mass is 610 g/mol. The van der Waals surface area contributed by atoms with Crippen LogP contribution >= 0.6 is 17.0 Å². The zero-order valence-electron chi connectivity index (χ0n) is 20.8. The summed E-state index contributed by atoms with van der Waals surface area (Å²) in [5, 5.41) is 6.71. The van der Waals surface area contributed by atoms with E-state index in [1.54, 1.807) is 5.56 Å². The van der Waals surface area contributed by atoms with E-state index < -0.39 is 20.8 Å². The maximum atomic E-state index is 4.93. The summed E-state index contributed by atoms with van der Waals surface area (Å²) in [6.07, 6.45) is 7.86. The van der Waals surface area contributed by atoms with E-state index in [0.29, 0.717) is 0 Å². The van der Waals surface area contributed by atoms with Crippen molar-refractivity contribution in [2.75, 3.05) is 0 Å². The van der Waals surface area contributed by atoms with Crippen LogP contribution in [0.25, 0.3) is 43.8 Å². The summed E-state index contributed by atoms with van der Waals surface area (Å²) < 4.78 is 4.62. The summed E-state index contributed by atoms with van der Waals surface area (Å²) in [5.74, 6) is 0. The molecule has 0 spiro atoms. The van der Waals surface area contributed by atoms with E-state index in [9.17, 15) is 0 Å². The number of aromatic nitrogens is 2. The van der Waals surface area contributed by atoms with E-state index in [1.807, 2.05) is 12.1 Å². The standard InChI is InChI=1S/C20H16N.C13H10N.2ClH.Zr/c1-2-7-15-13-16(12-14(15)6-1)21-19-10-4-3-8-17(19)18-9-5-11-20(18)21;1-2-6-12-11(5-1)7-8-13(12)14-9-3-4-10-14;;;/h1-4,6-8,10,12-13H,5,9,11H2;1-10H;2*1H;/q2*-1;;;+4/p-2. The second kappa shape index (κ2) is 11.5. The van der Waals surface area contributed by atoms with Crippen molar-refractivity contribution in [3.05, 3.63) is 133 Å². The molecule has 1 aliphatic carbocycles. The average molecular weight is 613 g/mol. The molecule has 0 unspecified atom stereocenters. The maximum absolute atomic E-state index is 4.93. The van der Waals surface area contributed by atoms with Gasteiger partial charge in [0.15, 0.2) is 0 Å². The van der Waals surface area contributed by atoms with E-state index in [4.69, 9.17) is 17.0 Å². The van der Waals surface area contributed by atoms with Crippen molar-refractivity contribution >= 4 is 49.5 Å². The Labute approximate surface area is 241 Å². The summed E-state index contributed by atoms with van der Waals surface area (Å²) in [4.78, 5) is 0. The largest absolute Gasteiger partial charge is 0.403 e. The number of hydrogen-bond donors (Lipinski definition) is 0. The normalized spacial score (nSPS) is 12.1. The summed E-state index contributed by atoms with van der Waals surface area (Å²) in [6.45, 7) is 0. The van der Waals surface area contributed by atoms with Crippen molar-refractivity contribution in [2.24, 2.45) is 0 Å². The molecule has 2 aromatic heterocycles. The molecule has 0 saturated carbocycles. The molecule has 8 rings (SSSR count). The van der Waals surface area contributed by atoms with Crippen LogP contribution in [0.1, 0.15) is 17.7 Å². The van der Waals surface area contributed by atoms with Crippen molar-refractivity contribution in [1.82, 2.24) is 9.13 Å². The fraction of sp³-hybridized carbons (Fsp3) is 0.0909. The third-order valence-corrected chi connectivity index (χ3v) is 7.33. The van der Waals surface area contributed by atoms with Crippen LogP contribution in [-0.2, 0) is 33.7 Å². The van der Waals surface area contributed by atoms with E-state index >= 15 is 0 Å². The van der Waals surface area contributed by atoms with E-state index in [-0.39, 0.29) is 0 Å². The van der Waals surface area contributed by atoms with Crippen LogP contribution in [0.3, 0.4) is 0 Å². The number of nitrogens with zero attached hydrogens (tertiary/aromatic N) is 2. The van der Waals surface area contributed by atoms with Crippen molar-refractivity contribution in [3.8, 4) is 11.4 Å². The maximum Gasteiger partial charge on any atom is 0.0516 e. The first-order valence-electron chi connectivity index (χ1n) is 12.8. The van der Waals surface area contributed by atoms with Gasteiger partial charge in [-0.25, -0.2) is 0 Å². The topological polar surface area (TPSA) is 9.86 Å². The Morgan fingerprint density at radius 2 is 1.47 bits per heavy atom. The Bertz CT molecular complexity index is 1770. The SMILES string of the molecule is [Cl][Zr+2][Cl].c1ccc2[cH-]c(-n3c4c(c5ccccc53)CCC4)cc2c1.c1ccc2c(c1)cc[c-]2-n1cccc1. The summed E-state index contributed by atoms with van der Waals surface area (Å²) in [7, 11) is 9.87. The second-order valence-corrected chi connectivity index (χ2v) is 13.2. The van der Waals surface area contributed by atoms with Gasteiger partial charge in [-0.1, -0.05) is 71.4 Å². The third kappa shape index (κ3) is 4.84. The fourth-order valence-electron chi connectivity index (χ4n) is 5.75. The van der Waals surface area contributed by atoms with Gasteiger partial charge in [0, 0.05) is 11.1 Å². The van der Waals surface area contributed by atoms with Gasteiger partial charge in [0.1, 0.15) is 0 Å². The third-order valence-electron chi connectivity index (χ3n) is 7.33. The van der Waals surface area contributed by atoms with Gasteiger partial charge < -0.3 is 9.13 Å². The molecule has 186 valence electrons. The van der Waals surface area contributed by atoms with E-state index in [1.165, 1.54) is 68.8 Å². The molecular formula is C33H26Cl2N2Zr. The number of para-hydroxylation sites is 1. The number of benzene rings is 3. The minimum Gasteiger partial charge on any atom is -0.403 e. The molecule has 0 saturated heterocycles. The zero-order valence-corrected chi connectivity index (χ0v) is 24.8. The molecule has 0 bridgehead atoms. The molecular weight excluding hydrogens is 587 g/mol. The van der Waals surface area contributed by atoms with Crippen LogP contribution in [0, 0.1) is 0 Å². The quantitative estimate of drug-likeness (QED) is 0.172. The van der Waals surface area contributed by atoms with Crippen LogP contribution in [-0.4, -0.2) is 9.13 Å². The van der Waals surface area contributed by atoms with Crippen LogP contribution < -0.4 is 0 Å². The average Bonchev–Trinajstić information content (AvgIpc) is 3.76. The van der Waals surface area contributed by atoms with Crippen molar-refractivity contribution < 1.29 is 20.8 Å². The molecule has 7 aromatic rings. The second-order valence-electron chi connectivity index (χ2n) is 9.44. The Morgan fingerprint density at radius 1 is 0.763 bits per heavy atom. The molecule has 0 N–H and O–H groups in total. The van der Waals surface area contributed by atoms with Crippen molar-refractivity contribution in [2.45, 2.75) is 19.3 Å². The number of aryl methyl sites for hydroxylation is 1. The molecule has 5 heteroatoms. The predicted molar refractivity (Wildman–Crippen MR) is 159 cm³/mol. The number of fused-ring (bicyclic) bond motifs is 5. The first-order chi connectivity index (χ1) is 18.8. The van der Waals surface area contributed by atoms with Crippen LogP contribution in [0.4, 0.5) is 0 Å². The van der Waals surface area contributed by atoms with E-state index in [0.717, 1.165) is 0 Å². The van der Waals surface area contributed by atoms with Crippen LogP contribution in [0.2, 0.25) is 0 Å². The van der Waals surface area contributed by atoms with Gasteiger partial charge in [0.25, 0.3) is 0 Å². The molecule has 1 aliphatic rings. The van der Waals surface area contributed by atoms with E-state index in [2.05, 4.69) is 119 Å². The zero-order chi connectivity index (χ0) is 25.9. The van der Waals surface area contributed by atoms with Gasteiger partial charge in [0.2, 0.25) is 0 Å². The summed E-state index contributed by atoms with van der Waals surface area (Å²) in [6, 6.07) is 39.0. The Kier molecular flexibility index (Phi) is 7.70. The first-order valence-corrected chi connectivity index (χ1v) is 19.1. The fourth-order valence-corrected chi connectivity index (χ4v) is 5.75. The molecule has 2 nitrogen and oxygen atoms in total. The molecule has 38 heavy (non-hydrogen) atoms. The minimum atomic E-state index is -0.826. The first kappa shape index (κ1) is 25.4. The van der Waals surface area contributed by atoms with Gasteiger partial charge >= 0.3 is 37.9 Å². The molecule has 0 amide bonds. The molecule has 0 fully saturated rings. The molecule has 5 aromatic carbocycles. The summed E-state index contributed by atoms with van der Waals surface area (Å²) >= 11 is -0.826. The predicted octanol–water partition coefficient (Wildman–Crippen LogP) is 9.72. The minimum absolute atomic E-state index is 0.826. The van der Waals surface area contributed by atoms with Crippen LogP contribution in [0.5, 0.6) is 0 Å². The molecule has 0 aliphatic heterocycles. The number of halogens is 2. The van der Waals surface area contributed by atoms with Crippen molar-refractivity contribution in [1.29, 1.82) is 0 Å². The molecule has 2 heterocycles. The van der Waals surface area contributed by atoms with Gasteiger partial charge in [-0.15, -0.1) is 53.2 Å².